The van der Waals surface area contributed by atoms with Crippen LogP contribution in [0, 0.1) is 11.3 Å². The molecule has 2 N–H and O–H groups in total. The fraction of sp³-hybridized carbons (Fsp3) is 0.419. The molecule has 3 aromatic rings. The van der Waals surface area contributed by atoms with Crippen LogP contribution in [0.4, 0.5) is 5.00 Å². The van der Waals surface area contributed by atoms with Crippen LogP contribution in [-0.4, -0.2) is 33.2 Å². The summed E-state index contributed by atoms with van der Waals surface area (Å²) < 4.78 is 21.6. The van der Waals surface area contributed by atoms with Gasteiger partial charge in [-0.25, -0.2) is 4.79 Å². The highest BCUT2D eigenvalue weighted by atomic mass is 32.1. The minimum Gasteiger partial charge on any atom is -0.493 e. The molecule has 0 bridgehead atoms. The van der Waals surface area contributed by atoms with Crippen LogP contribution in [0.15, 0.2) is 36.4 Å². The van der Waals surface area contributed by atoms with E-state index in [2.05, 4.69) is 31.4 Å². The van der Waals surface area contributed by atoms with E-state index in [1.165, 1.54) is 31.8 Å². The number of amides is 1. The number of anilines is 1. The van der Waals surface area contributed by atoms with Gasteiger partial charge in [0.15, 0.2) is 11.5 Å². The van der Waals surface area contributed by atoms with Gasteiger partial charge >= 0.3 is 5.97 Å². The molecule has 2 atom stereocenters. The quantitative estimate of drug-likeness (QED) is 0.242. The van der Waals surface area contributed by atoms with Crippen molar-refractivity contribution in [1.82, 2.24) is 5.32 Å². The Bertz CT molecular complexity index is 1400. The van der Waals surface area contributed by atoms with Crippen molar-refractivity contribution >= 4 is 28.2 Å². The second-order valence-electron chi connectivity index (χ2n) is 10.9. The van der Waals surface area contributed by atoms with Gasteiger partial charge in [0.25, 0.3) is 5.91 Å². The smallest absolute Gasteiger partial charge is 0.343 e. The van der Waals surface area contributed by atoms with Gasteiger partial charge in [0, 0.05) is 4.88 Å². The minimum atomic E-state index is -0.561. The zero-order chi connectivity index (χ0) is 28.6. The first-order valence-corrected chi connectivity index (χ1v) is 14.3. The monoisotopic (exact) mass is 564 g/mol. The number of carbonyl (C=O) groups is 2. The number of nitrogens with one attached hydrogen (secondary N) is 2. The summed E-state index contributed by atoms with van der Waals surface area (Å²) in [6.45, 7) is 6.96. The predicted molar refractivity (Wildman–Crippen MR) is 155 cm³/mol. The molecule has 1 amide bonds. The molecule has 2 aliphatic rings. The topological polar surface area (TPSA) is 95.1 Å². The molecule has 212 valence electrons. The molecule has 40 heavy (non-hydrogen) atoms. The van der Waals surface area contributed by atoms with Crippen molar-refractivity contribution in [2.45, 2.75) is 52.6 Å². The first-order chi connectivity index (χ1) is 19.2. The summed E-state index contributed by atoms with van der Waals surface area (Å²) in [5, 5.41) is 7.58. The second kappa shape index (κ2) is 11.0. The van der Waals surface area contributed by atoms with Gasteiger partial charge < -0.3 is 29.6 Å². The Morgan fingerprint density at radius 1 is 1.02 bits per heavy atom. The Labute approximate surface area is 239 Å². The van der Waals surface area contributed by atoms with Crippen LogP contribution < -0.4 is 29.6 Å². The lowest BCUT2D eigenvalue weighted by molar-refractivity contribution is 0.0733. The van der Waals surface area contributed by atoms with Gasteiger partial charge in [0.2, 0.25) is 5.75 Å². The van der Waals surface area contributed by atoms with E-state index in [1.54, 1.807) is 35.6 Å². The molecule has 2 heterocycles. The van der Waals surface area contributed by atoms with E-state index in [0.717, 1.165) is 41.8 Å². The highest BCUT2D eigenvalue weighted by Crippen LogP contribution is 2.47. The lowest BCUT2D eigenvalue weighted by Crippen LogP contribution is -2.38. The molecule has 0 saturated carbocycles. The number of esters is 1. The van der Waals surface area contributed by atoms with Crippen LogP contribution in [0.2, 0.25) is 0 Å². The highest BCUT2D eigenvalue weighted by Gasteiger charge is 2.37. The maximum atomic E-state index is 13.2. The summed E-state index contributed by atoms with van der Waals surface area (Å²) in [5.74, 6) is 1.52. The van der Waals surface area contributed by atoms with Crippen LogP contribution in [-0.2, 0) is 12.8 Å². The Hall–Kier alpha value is -3.72. The molecule has 1 aliphatic carbocycles. The first kappa shape index (κ1) is 27.8. The van der Waals surface area contributed by atoms with Crippen molar-refractivity contribution in [2.24, 2.45) is 11.3 Å². The average Bonchev–Trinajstić information content (AvgIpc) is 3.35. The Morgan fingerprint density at radius 2 is 1.70 bits per heavy atom. The van der Waals surface area contributed by atoms with Crippen LogP contribution in [0.3, 0.4) is 0 Å². The summed E-state index contributed by atoms with van der Waals surface area (Å²) in [7, 11) is 4.48. The van der Waals surface area contributed by atoms with Gasteiger partial charge in [-0.2, -0.15) is 0 Å². The lowest BCUT2D eigenvalue weighted by Gasteiger charge is -2.36. The standard InChI is InChI=1S/C31H36N2O6S/c1-7-31(2,3)19-10-13-21-24(16-19)40-29-25(21)28(34)32-27(33-29)17-8-11-20(12-9-17)39-30(35)18-14-22(36-4)26(38-6)23(15-18)37-5/h8-9,11-12,14-15,19,27,33H,7,10,13,16H2,1-6H3,(H,32,34)/t19-,27-/m1/s1. The van der Waals surface area contributed by atoms with Crippen molar-refractivity contribution in [3.05, 3.63) is 63.5 Å². The number of carbonyl (C=O) groups excluding carboxylic acids is 2. The molecular formula is C31H36N2O6S. The third-order valence-corrected chi connectivity index (χ3v) is 9.57. The van der Waals surface area contributed by atoms with Crippen molar-refractivity contribution in [3.63, 3.8) is 0 Å². The van der Waals surface area contributed by atoms with Crippen LogP contribution in [0.25, 0.3) is 0 Å². The van der Waals surface area contributed by atoms with E-state index in [0.29, 0.717) is 28.9 Å². The van der Waals surface area contributed by atoms with E-state index >= 15 is 0 Å². The maximum absolute atomic E-state index is 13.2. The SMILES string of the molecule is CCC(C)(C)[C@@H]1CCc2c(sc3c2C(=O)N[C@@H](c2ccc(OC(=O)c4cc(OC)c(OC)c(OC)c4)cc2)N3)C1. The summed E-state index contributed by atoms with van der Waals surface area (Å²) in [6, 6.07) is 10.2. The summed E-state index contributed by atoms with van der Waals surface area (Å²) in [6.07, 6.45) is 3.86. The molecule has 1 aromatic heterocycles. The van der Waals surface area contributed by atoms with Gasteiger partial charge in [-0.05, 0) is 66.0 Å². The fourth-order valence-electron chi connectivity index (χ4n) is 5.51. The third kappa shape index (κ3) is 5.10. The summed E-state index contributed by atoms with van der Waals surface area (Å²) >= 11 is 1.72. The molecular weight excluding hydrogens is 528 g/mol. The number of rotatable bonds is 8. The molecule has 0 fully saturated rings. The lowest BCUT2D eigenvalue weighted by atomic mass is 9.69. The van der Waals surface area contributed by atoms with Gasteiger partial charge in [0.05, 0.1) is 32.5 Å². The van der Waals surface area contributed by atoms with Crippen LogP contribution in [0.5, 0.6) is 23.0 Å². The van der Waals surface area contributed by atoms with Gasteiger partial charge in [-0.1, -0.05) is 39.3 Å². The van der Waals surface area contributed by atoms with E-state index in [-0.39, 0.29) is 23.1 Å². The number of methoxy groups -OCH3 is 3. The fourth-order valence-corrected chi connectivity index (χ4v) is 6.87. The van der Waals surface area contributed by atoms with E-state index in [9.17, 15) is 9.59 Å². The molecule has 8 nitrogen and oxygen atoms in total. The minimum absolute atomic E-state index is 0.0395. The molecule has 0 spiro atoms. The van der Waals surface area contributed by atoms with Crippen molar-refractivity contribution in [2.75, 3.05) is 26.6 Å². The third-order valence-electron chi connectivity index (χ3n) is 8.38. The Morgan fingerprint density at radius 3 is 2.30 bits per heavy atom. The zero-order valence-electron chi connectivity index (χ0n) is 23.8. The maximum Gasteiger partial charge on any atom is 0.343 e. The molecule has 1 aliphatic heterocycles. The molecule has 0 unspecified atom stereocenters. The van der Waals surface area contributed by atoms with E-state index < -0.39 is 5.97 Å². The number of benzene rings is 2. The second-order valence-corrected chi connectivity index (χ2v) is 12.0. The average molecular weight is 565 g/mol. The Kier molecular flexibility index (Phi) is 7.68. The molecule has 9 heteroatoms. The van der Waals surface area contributed by atoms with E-state index in [1.807, 2.05) is 12.1 Å². The summed E-state index contributed by atoms with van der Waals surface area (Å²) in [5.41, 5.74) is 3.43. The van der Waals surface area contributed by atoms with Gasteiger partial charge in [-0.15, -0.1) is 11.3 Å². The predicted octanol–water partition coefficient (Wildman–Crippen LogP) is 6.39. The number of hydrogen-bond acceptors (Lipinski definition) is 8. The van der Waals surface area contributed by atoms with E-state index in [4.69, 9.17) is 18.9 Å². The van der Waals surface area contributed by atoms with Crippen molar-refractivity contribution < 1.29 is 28.5 Å². The van der Waals surface area contributed by atoms with Crippen molar-refractivity contribution in [3.8, 4) is 23.0 Å². The first-order valence-electron chi connectivity index (χ1n) is 13.5. The molecule has 0 radical (unpaired) electrons. The van der Waals surface area contributed by atoms with Gasteiger partial charge in [0.1, 0.15) is 16.9 Å². The largest absolute Gasteiger partial charge is 0.493 e. The highest BCUT2D eigenvalue weighted by molar-refractivity contribution is 7.16. The van der Waals surface area contributed by atoms with Gasteiger partial charge in [-0.3, -0.25) is 4.79 Å². The molecule has 2 aromatic carbocycles. The van der Waals surface area contributed by atoms with Crippen LogP contribution in [0.1, 0.15) is 76.5 Å². The molecule has 5 rings (SSSR count). The van der Waals surface area contributed by atoms with Crippen molar-refractivity contribution in [1.29, 1.82) is 0 Å². The Balaban J connectivity index is 1.30. The summed E-state index contributed by atoms with van der Waals surface area (Å²) in [4.78, 5) is 27.4. The van der Waals surface area contributed by atoms with Crippen LogP contribution >= 0.6 is 11.3 Å². The number of thiophene rings is 1. The number of ether oxygens (including phenoxy) is 4. The zero-order valence-corrected chi connectivity index (χ0v) is 24.6. The number of hydrogen-bond donors (Lipinski definition) is 2. The normalized spacial score (nSPS) is 18.1. The molecule has 0 saturated heterocycles. The number of fused-ring (bicyclic) bond motifs is 3.